The molecule has 6 unspecified atom stereocenters. The van der Waals surface area contributed by atoms with Crippen LogP contribution in [0.1, 0.15) is 52.9 Å². The highest BCUT2D eigenvalue weighted by Crippen LogP contribution is 2.19. The zero-order valence-electron chi connectivity index (χ0n) is 18.7. The molecule has 12 heteroatoms. The number of aliphatic hydroxyl groups excluding tert-OH is 1. The summed E-state index contributed by atoms with van der Waals surface area (Å²) in [5.74, 6) is -4.18. The van der Waals surface area contributed by atoms with Crippen molar-refractivity contribution in [2.75, 3.05) is 6.54 Å². The monoisotopic (exact) mass is 457 g/mol. The molecule has 182 valence electrons. The highest BCUT2D eigenvalue weighted by molar-refractivity contribution is 5.94. The van der Waals surface area contributed by atoms with E-state index in [1.807, 2.05) is 6.92 Å². The number of carboxylic acids is 1. The van der Waals surface area contributed by atoms with Crippen molar-refractivity contribution in [2.45, 2.75) is 83.1 Å². The quantitative estimate of drug-likeness (QED) is 0.194. The lowest BCUT2D eigenvalue weighted by Gasteiger charge is -2.30. The van der Waals surface area contributed by atoms with Crippen LogP contribution in [0.15, 0.2) is 0 Å². The molecule has 1 aliphatic heterocycles. The molecule has 6 atom stereocenters. The number of nitrogens with two attached hydrogens (primary N) is 2. The number of aliphatic hydroxyl groups is 1. The van der Waals surface area contributed by atoms with E-state index >= 15 is 0 Å². The minimum Gasteiger partial charge on any atom is -0.480 e. The van der Waals surface area contributed by atoms with Gasteiger partial charge in [0.1, 0.15) is 18.1 Å². The summed E-state index contributed by atoms with van der Waals surface area (Å²) in [6.45, 7) is 5.10. The number of rotatable bonds is 12. The van der Waals surface area contributed by atoms with Crippen molar-refractivity contribution in [3.05, 3.63) is 0 Å². The van der Waals surface area contributed by atoms with E-state index in [0.717, 1.165) is 4.90 Å². The van der Waals surface area contributed by atoms with E-state index in [9.17, 15) is 34.2 Å². The highest BCUT2D eigenvalue weighted by Gasteiger charge is 2.40. The minimum absolute atomic E-state index is 0.137. The molecule has 1 saturated heterocycles. The zero-order valence-corrected chi connectivity index (χ0v) is 18.7. The van der Waals surface area contributed by atoms with Gasteiger partial charge < -0.3 is 37.2 Å². The van der Waals surface area contributed by atoms with Gasteiger partial charge in [0.15, 0.2) is 0 Å². The van der Waals surface area contributed by atoms with Crippen LogP contribution >= 0.6 is 0 Å². The van der Waals surface area contributed by atoms with Crippen molar-refractivity contribution in [3.63, 3.8) is 0 Å². The van der Waals surface area contributed by atoms with Crippen molar-refractivity contribution in [1.82, 2.24) is 15.5 Å². The number of nitrogens with zero attached hydrogens (tertiary/aromatic N) is 1. The zero-order chi connectivity index (χ0) is 24.6. The van der Waals surface area contributed by atoms with E-state index in [1.54, 1.807) is 6.92 Å². The fourth-order valence-corrected chi connectivity index (χ4v) is 3.44. The first-order chi connectivity index (χ1) is 14.9. The second-order valence-electron chi connectivity index (χ2n) is 8.23. The summed E-state index contributed by atoms with van der Waals surface area (Å²) >= 11 is 0. The van der Waals surface area contributed by atoms with Crippen LogP contribution in [0, 0.1) is 5.92 Å². The number of carbonyl (C=O) groups is 5. The number of nitrogens with one attached hydrogen (secondary N) is 2. The molecule has 12 nitrogen and oxygen atoms in total. The second-order valence-corrected chi connectivity index (χ2v) is 8.23. The molecule has 0 aromatic heterocycles. The fraction of sp³-hybridized carbons (Fsp3) is 0.750. The topological polar surface area (TPSA) is 205 Å². The molecule has 1 aliphatic rings. The fourth-order valence-electron chi connectivity index (χ4n) is 3.44. The second kappa shape index (κ2) is 12.3. The highest BCUT2D eigenvalue weighted by atomic mass is 16.4. The maximum Gasteiger partial charge on any atom is 0.326 e. The van der Waals surface area contributed by atoms with Gasteiger partial charge in [0.05, 0.1) is 12.1 Å². The normalized spacial score (nSPS) is 20.5. The Morgan fingerprint density at radius 2 is 1.75 bits per heavy atom. The lowest BCUT2D eigenvalue weighted by molar-refractivity contribution is -0.150. The number of primary amides is 1. The van der Waals surface area contributed by atoms with E-state index in [4.69, 9.17) is 11.5 Å². The summed E-state index contributed by atoms with van der Waals surface area (Å²) in [6.07, 6.45) is -0.303. The van der Waals surface area contributed by atoms with Crippen LogP contribution in [-0.2, 0) is 24.0 Å². The predicted molar refractivity (Wildman–Crippen MR) is 114 cm³/mol. The maximum absolute atomic E-state index is 12.9. The lowest BCUT2D eigenvalue weighted by atomic mass is 9.98. The average Bonchev–Trinajstić information content (AvgIpc) is 3.22. The SMILES string of the molecule is CCC(C)C(N)C(=O)NC(CCC(N)=O)C(=O)NC(C(=O)N1CCCC1C(=O)O)C(C)O. The Labute approximate surface area is 187 Å². The number of carbonyl (C=O) groups excluding carboxylic acids is 4. The van der Waals surface area contributed by atoms with Gasteiger partial charge in [-0.3, -0.25) is 19.2 Å². The van der Waals surface area contributed by atoms with E-state index in [-0.39, 0.29) is 31.7 Å². The summed E-state index contributed by atoms with van der Waals surface area (Å²) in [6, 6.07) is -4.59. The van der Waals surface area contributed by atoms with Crippen LogP contribution < -0.4 is 22.1 Å². The van der Waals surface area contributed by atoms with Gasteiger partial charge in [0.25, 0.3) is 0 Å². The van der Waals surface area contributed by atoms with E-state index in [2.05, 4.69) is 10.6 Å². The van der Waals surface area contributed by atoms with Gasteiger partial charge in [-0.15, -0.1) is 0 Å². The van der Waals surface area contributed by atoms with Crippen molar-refractivity contribution in [1.29, 1.82) is 0 Å². The first kappa shape index (κ1) is 27.3. The Bertz CT molecular complexity index is 714. The molecule has 1 heterocycles. The molecule has 0 radical (unpaired) electrons. The standard InChI is InChI=1S/C20H35N5O7/c1-4-10(2)15(22)18(29)23-12(7-8-14(21)27)17(28)24-16(11(3)26)19(30)25-9-5-6-13(25)20(31)32/h10-13,15-16,26H,4-9,22H2,1-3H3,(H2,21,27)(H,23,29)(H,24,28)(H,31,32). The Hall–Kier alpha value is -2.73. The molecular weight excluding hydrogens is 422 g/mol. The van der Waals surface area contributed by atoms with Crippen molar-refractivity contribution < 1.29 is 34.2 Å². The third-order valence-electron chi connectivity index (χ3n) is 5.74. The Morgan fingerprint density at radius 3 is 2.25 bits per heavy atom. The van der Waals surface area contributed by atoms with Crippen LogP contribution in [0.4, 0.5) is 0 Å². The average molecular weight is 458 g/mol. The third-order valence-corrected chi connectivity index (χ3v) is 5.74. The molecule has 0 aliphatic carbocycles. The van der Waals surface area contributed by atoms with Crippen LogP contribution in [0.5, 0.6) is 0 Å². The molecule has 4 amide bonds. The first-order valence-electron chi connectivity index (χ1n) is 10.8. The number of hydrogen-bond donors (Lipinski definition) is 6. The van der Waals surface area contributed by atoms with Crippen molar-refractivity contribution >= 4 is 29.6 Å². The molecule has 0 spiro atoms. The summed E-state index contributed by atoms with van der Waals surface area (Å²) < 4.78 is 0. The van der Waals surface area contributed by atoms with Gasteiger partial charge in [-0.25, -0.2) is 4.79 Å². The third kappa shape index (κ3) is 7.45. The number of hydrogen-bond acceptors (Lipinski definition) is 7. The number of likely N-dealkylation sites (tertiary alicyclic amines) is 1. The van der Waals surface area contributed by atoms with Gasteiger partial charge in [-0.2, -0.15) is 0 Å². The van der Waals surface area contributed by atoms with Gasteiger partial charge in [-0.05, 0) is 32.1 Å². The van der Waals surface area contributed by atoms with Crippen LogP contribution in [0.25, 0.3) is 0 Å². The smallest absolute Gasteiger partial charge is 0.326 e. The maximum atomic E-state index is 12.9. The number of amides is 4. The largest absolute Gasteiger partial charge is 0.480 e. The minimum atomic E-state index is -1.43. The Balaban J connectivity index is 3.00. The molecule has 0 aromatic carbocycles. The molecule has 0 aromatic rings. The molecule has 0 saturated carbocycles. The molecule has 1 fully saturated rings. The van der Waals surface area contributed by atoms with Gasteiger partial charge in [0.2, 0.25) is 23.6 Å². The molecular formula is C20H35N5O7. The van der Waals surface area contributed by atoms with Crippen LogP contribution in [-0.4, -0.2) is 81.5 Å². The Morgan fingerprint density at radius 1 is 1.12 bits per heavy atom. The van der Waals surface area contributed by atoms with E-state index in [0.29, 0.717) is 12.8 Å². The van der Waals surface area contributed by atoms with Crippen molar-refractivity contribution in [3.8, 4) is 0 Å². The lowest BCUT2D eigenvalue weighted by Crippen LogP contribution is -2.60. The summed E-state index contributed by atoms with van der Waals surface area (Å²) in [5, 5.41) is 24.3. The number of aliphatic carboxylic acids is 1. The van der Waals surface area contributed by atoms with E-state index < -0.39 is 59.9 Å². The predicted octanol–water partition coefficient (Wildman–Crippen LogP) is -1.95. The Kier molecular flexibility index (Phi) is 10.5. The molecule has 0 bridgehead atoms. The summed E-state index contributed by atoms with van der Waals surface area (Å²) in [7, 11) is 0. The van der Waals surface area contributed by atoms with Gasteiger partial charge in [0, 0.05) is 13.0 Å². The van der Waals surface area contributed by atoms with Crippen LogP contribution in [0.3, 0.4) is 0 Å². The summed E-state index contributed by atoms with van der Waals surface area (Å²) in [5.41, 5.74) is 11.1. The molecule has 1 rings (SSSR count). The van der Waals surface area contributed by atoms with Crippen LogP contribution in [0.2, 0.25) is 0 Å². The van der Waals surface area contributed by atoms with Gasteiger partial charge >= 0.3 is 5.97 Å². The van der Waals surface area contributed by atoms with E-state index in [1.165, 1.54) is 6.92 Å². The summed E-state index contributed by atoms with van der Waals surface area (Å²) in [4.78, 5) is 62.0. The van der Waals surface area contributed by atoms with Crippen molar-refractivity contribution in [2.24, 2.45) is 17.4 Å². The molecule has 32 heavy (non-hydrogen) atoms. The number of carboxylic acid groups (broad SMARTS) is 1. The van der Waals surface area contributed by atoms with Gasteiger partial charge in [-0.1, -0.05) is 20.3 Å². The first-order valence-corrected chi connectivity index (χ1v) is 10.8. The molecule has 8 N–H and O–H groups in total.